The maximum Gasteiger partial charge on any atom is 0.408 e. The minimum Gasteiger partial charge on any atom is -0.481 e. The Balaban J connectivity index is 2.00. The summed E-state index contributed by atoms with van der Waals surface area (Å²) in [5, 5.41) is 11.6. The van der Waals surface area contributed by atoms with E-state index in [9.17, 15) is 14.4 Å². The summed E-state index contributed by atoms with van der Waals surface area (Å²) in [7, 11) is 0. The van der Waals surface area contributed by atoms with Crippen molar-refractivity contribution in [2.75, 3.05) is 0 Å². The highest BCUT2D eigenvalue weighted by molar-refractivity contribution is 5.90. The van der Waals surface area contributed by atoms with Gasteiger partial charge in [0.15, 0.2) is 5.78 Å². The molecule has 0 unspecified atom stereocenters. The highest BCUT2D eigenvalue weighted by Crippen LogP contribution is 2.11. The van der Waals surface area contributed by atoms with Crippen molar-refractivity contribution >= 4 is 17.8 Å². The minimum absolute atomic E-state index is 0.0877. The highest BCUT2D eigenvalue weighted by atomic mass is 16.5. The number of hydrogen-bond donors (Lipinski definition) is 2. The molecule has 0 spiro atoms. The van der Waals surface area contributed by atoms with Gasteiger partial charge in [-0.05, 0) is 17.5 Å². The summed E-state index contributed by atoms with van der Waals surface area (Å²) in [6.45, 7) is 1.55. The Labute approximate surface area is 158 Å². The second-order valence-corrected chi connectivity index (χ2v) is 6.36. The predicted molar refractivity (Wildman–Crippen MR) is 100 cm³/mol. The number of nitrogens with one attached hydrogen (secondary N) is 1. The van der Waals surface area contributed by atoms with Gasteiger partial charge >= 0.3 is 12.1 Å². The van der Waals surface area contributed by atoms with Crippen molar-refractivity contribution in [2.45, 2.75) is 32.4 Å². The van der Waals surface area contributed by atoms with Crippen LogP contribution in [-0.2, 0) is 27.4 Å². The smallest absolute Gasteiger partial charge is 0.408 e. The van der Waals surface area contributed by atoms with Crippen LogP contribution in [0.2, 0.25) is 0 Å². The number of ether oxygens (including phenoxy) is 1. The first-order valence-electron chi connectivity index (χ1n) is 8.72. The number of carboxylic acid groups (broad SMARTS) is 1. The maximum atomic E-state index is 12.5. The molecule has 0 radical (unpaired) electrons. The van der Waals surface area contributed by atoms with Crippen molar-refractivity contribution in [3.63, 3.8) is 0 Å². The number of amides is 1. The van der Waals surface area contributed by atoms with Gasteiger partial charge < -0.3 is 15.2 Å². The van der Waals surface area contributed by atoms with E-state index in [-0.39, 0.29) is 25.2 Å². The molecule has 142 valence electrons. The van der Waals surface area contributed by atoms with Crippen LogP contribution in [0.1, 0.15) is 24.5 Å². The number of benzene rings is 2. The van der Waals surface area contributed by atoms with Crippen LogP contribution in [0.5, 0.6) is 0 Å². The summed E-state index contributed by atoms with van der Waals surface area (Å²) < 4.78 is 5.18. The van der Waals surface area contributed by atoms with E-state index in [0.717, 1.165) is 11.1 Å². The highest BCUT2D eigenvalue weighted by Gasteiger charge is 2.25. The number of carboxylic acids is 1. The lowest BCUT2D eigenvalue weighted by atomic mass is 9.96. The molecule has 0 heterocycles. The normalized spacial score (nSPS) is 12.6. The molecule has 2 aromatic rings. The van der Waals surface area contributed by atoms with Gasteiger partial charge in [0.2, 0.25) is 0 Å². The van der Waals surface area contributed by atoms with Crippen LogP contribution < -0.4 is 5.32 Å². The van der Waals surface area contributed by atoms with Crippen LogP contribution in [-0.4, -0.2) is 29.0 Å². The number of ketones is 1. The number of rotatable bonds is 9. The molecule has 27 heavy (non-hydrogen) atoms. The largest absolute Gasteiger partial charge is 0.481 e. The zero-order valence-electron chi connectivity index (χ0n) is 15.1. The van der Waals surface area contributed by atoms with Gasteiger partial charge in [-0.15, -0.1) is 0 Å². The third kappa shape index (κ3) is 6.93. The summed E-state index contributed by atoms with van der Waals surface area (Å²) in [5.41, 5.74) is 1.69. The fraction of sp³-hybridized carbons (Fsp3) is 0.286. The first kappa shape index (κ1) is 20.2. The monoisotopic (exact) mass is 369 g/mol. The topological polar surface area (TPSA) is 92.7 Å². The van der Waals surface area contributed by atoms with Crippen LogP contribution >= 0.6 is 0 Å². The zero-order chi connectivity index (χ0) is 19.6. The Bertz CT molecular complexity index is 761. The molecule has 2 atom stereocenters. The molecule has 2 aromatic carbocycles. The molecule has 0 aliphatic rings. The predicted octanol–water partition coefficient (Wildman–Crippen LogP) is 3.20. The maximum absolute atomic E-state index is 12.5. The van der Waals surface area contributed by atoms with Gasteiger partial charge in [-0.1, -0.05) is 67.6 Å². The molecule has 0 aliphatic carbocycles. The van der Waals surface area contributed by atoms with E-state index in [1.165, 1.54) is 6.92 Å². The lowest BCUT2D eigenvalue weighted by Crippen LogP contribution is -2.43. The third-order valence-electron chi connectivity index (χ3n) is 4.11. The number of Topliss-reactive ketones (excluding diaryl/α,β-unsaturated/α-hetero) is 1. The molecule has 2 rings (SSSR count). The molecule has 0 fully saturated rings. The van der Waals surface area contributed by atoms with Crippen molar-refractivity contribution in [3.05, 3.63) is 71.8 Å². The Hall–Kier alpha value is -3.15. The van der Waals surface area contributed by atoms with E-state index >= 15 is 0 Å². The molecule has 6 nitrogen and oxygen atoms in total. The number of aliphatic carboxylic acids is 1. The van der Waals surface area contributed by atoms with Gasteiger partial charge in [0.05, 0.1) is 12.0 Å². The van der Waals surface area contributed by atoms with Gasteiger partial charge in [0.1, 0.15) is 6.61 Å². The van der Waals surface area contributed by atoms with Crippen molar-refractivity contribution in [1.29, 1.82) is 0 Å². The zero-order valence-corrected chi connectivity index (χ0v) is 15.1. The number of carbonyl (C=O) groups is 3. The first-order valence-corrected chi connectivity index (χ1v) is 8.72. The Morgan fingerprint density at radius 1 is 0.963 bits per heavy atom. The molecule has 0 saturated carbocycles. The van der Waals surface area contributed by atoms with Gasteiger partial charge in [0, 0.05) is 6.42 Å². The molecule has 2 N–H and O–H groups in total. The summed E-state index contributed by atoms with van der Waals surface area (Å²) in [4.78, 5) is 35.7. The van der Waals surface area contributed by atoms with Gasteiger partial charge in [0.25, 0.3) is 0 Å². The third-order valence-corrected chi connectivity index (χ3v) is 4.11. The van der Waals surface area contributed by atoms with Gasteiger partial charge in [-0.25, -0.2) is 4.79 Å². The van der Waals surface area contributed by atoms with Crippen molar-refractivity contribution in [2.24, 2.45) is 5.92 Å². The fourth-order valence-corrected chi connectivity index (χ4v) is 2.53. The van der Waals surface area contributed by atoms with E-state index in [1.807, 2.05) is 60.7 Å². The lowest BCUT2D eigenvalue weighted by molar-refractivity contribution is -0.143. The summed E-state index contributed by atoms with van der Waals surface area (Å²) in [6, 6.07) is 17.6. The average Bonchev–Trinajstić information content (AvgIpc) is 2.67. The van der Waals surface area contributed by atoms with E-state index < -0.39 is 24.0 Å². The Kier molecular flexibility index (Phi) is 7.55. The molecule has 6 heteroatoms. The van der Waals surface area contributed by atoms with E-state index in [0.29, 0.717) is 0 Å². The number of hydrogen-bond acceptors (Lipinski definition) is 4. The summed E-state index contributed by atoms with van der Waals surface area (Å²) >= 11 is 0. The van der Waals surface area contributed by atoms with Crippen molar-refractivity contribution in [3.8, 4) is 0 Å². The van der Waals surface area contributed by atoms with Crippen LogP contribution in [0.15, 0.2) is 60.7 Å². The summed E-state index contributed by atoms with van der Waals surface area (Å²) in [5.74, 6) is -2.21. The quantitative estimate of drug-likeness (QED) is 0.708. The van der Waals surface area contributed by atoms with Crippen LogP contribution in [0, 0.1) is 5.92 Å². The number of alkyl carbamates (subject to hydrolysis) is 1. The standard InChI is InChI=1S/C21H23NO5/c1-15(20(24)25)12-19(23)18(13-16-8-4-2-5-9-16)22-21(26)27-14-17-10-6-3-7-11-17/h2-11,15,18H,12-14H2,1H3,(H,22,26)(H,24,25)/t15-,18+/m0/s1. The molecular formula is C21H23NO5. The van der Waals surface area contributed by atoms with Gasteiger partial charge in [-0.2, -0.15) is 0 Å². The van der Waals surface area contributed by atoms with Gasteiger partial charge in [-0.3, -0.25) is 9.59 Å². The average molecular weight is 369 g/mol. The molecule has 0 bridgehead atoms. The van der Waals surface area contributed by atoms with Crippen LogP contribution in [0.3, 0.4) is 0 Å². The van der Waals surface area contributed by atoms with E-state index in [4.69, 9.17) is 9.84 Å². The molecule has 0 aromatic heterocycles. The molecule has 0 saturated heterocycles. The fourth-order valence-electron chi connectivity index (χ4n) is 2.53. The molecule has 1 amide bonds. The van der Waals surface area contributed by atoms with Crippen molar-refractivity contribution in [1.82, 2.24) is 5.32 Å². The van der Waals surface area contributed by atoms with Crippen LogP contribution in [0.4, 0.5) is 4.79 Å². The second-order valence-electron chi connectivity index (χ2n) is 6.36. The van der Waals surface area contributed by atoms with Crippen LogP contribution in [0.25, 0.3) is 0 Å². The molecule has 0 aliphatic heterocycles. The first-order chi connectivity index (χ1) is 13.0. The summed E-state index contributed by atoms with van der Waals surface area (Å²) in [6.07, 6.45) is -0.603. The SMILES string of the molecule is C[C@@H](CC(=O)[C@@H](Cc1ccccc1)NC(=O)OCc1ccccc1)C(=O)O. The van der Waals surface area contributed by atoms with Crippen molar-refractivity contribution < 1.29 is 24.2 Å². The second kappa shape index (κ2) is 10.1. The van der Waals surface area contributed by atoms with E-state index in [2.05, 4.69) is 5.32 Å². The molecular weight excluding hydrogens is 346 g/mol. The minimum atomic E-state index is -1.05. The van der Waals surface area contributed by atoms with E-state index in [1.54, 1.807) is 0 Å². The number of carbonyl (C=O) groups excluding carboxylic acids is 2. The lowest BCUT2D eigenvalue weighted by Gasteiger charge is -2.19. The Morgan fingerprint density at radius 3 is 2.07 bits per heavy atom. The Morgan fingerprint density at radius 2 is 1.52 bits per heavy atom.